The van der Waals surface area contributed by atoms with E-state index in [0.717, 1.165) is 53.4 Å². The SMILES string of the molecule is O=C(C=Cc1cccs1)N1CCC(n2c(COc3ccccc3)nc3ccccc32)CC1. The van der Waals surface area contributed by atoms with E-state index < -0.39 is 0 Å². The fourth-order valence-corrected chi connectivity index (χ4v) is 4.88. The Balaban J connectivity index is 1.30. The van der Waals surface area contributed by atoms with E-state index in [1.54, 1.807) is 17.4 Å². The molecule has 1 saturated heterocycles. The van der Waals surface area contributed by atoms with Gasteiger partial charge in [0.1, 0.15) is 18.2 Å². The predicted molar refractivity (Wildman–Crippen MR) is 129 cm³/mol. The van der Waals surface area contributed by atoms with Crippen LogP contribution in [0.3, 0.4) is 0 Å². The molecule has 1 amide bonds. The molecule has 0 radical (unpaired) electrons. The Morgan fingerprint density at radius 1 is 1.03 bits per heavy atom. The number of piperidine rings is 1. The first-order valence-corrected chi connectivity index (χ1v) is 11.8. The molecule has 162 valence electrons. The van der Waals surface area contributed by atoms with E-state index >= 15 is 0 Å². The highest BCUT2D eigenvalue weighted by molar-refractivity contribution is 7.10. The van der Waals surface area contributed by atoms with Gasteiger partial charge < -0.3 is 14.2 Å². The lowest BCUT2D eigenvalue weighted by Crippen LogP contribution is -2.38. The summed E-state index contributed by atoms with van der Waals surface area (Å²) in [6, 6.07) is 22.4. The van der Waals surface area contributed by atoms with Gasteiger partial charge in [-0.2, -0.15) is 0 Å². The van der Waals surface area contributed by atoms with Gasteiger partial charge in [0.25, 0.3) is 0 Å². The largest absolute Gasteiger partial charge is 0.486 e. The number of fused-ring (bicyclic) bond motifs is 1. The first-order valence-electron chi connectivity index (χ1n) is 10.9. The molecule has 5 nitrogen and oxygen atoms in total. The van der Waals surface area contributed by atoms with Crippen LogP contribution in [-0.2, 0) is 11.4 Å². The van der Waals surface area contributed by atoms with Crippen LogP contribution in [0.4, 0.5) is 0 Å². The molecule has 0 atom stereocenters. The maximum absolute atomic E-state index is 12.6. The van der Waals surface area contributed by atoms with E-state index in [9.17, 15) is 4.79 Å². The van der Waals surface area contributed by atoms with E-state index in [4.69, 9.17) is 9.72 Å². The minimum Gasteiger partial charge on any atom is -0.486 e. The van der Waals surface area contributed by atoms with E-state index in [-0.39, 0.29) is 5.91 Å². The van der Waals surface area contributed by atoms with E-state index in [0.29, 0.717) is 12.6 Å². The van der Waals surface area contributed by atoms with Crippen molar-refractivity contribution in [2.24, 2.45) is 0 Å². The van der Waals surface area contributed by atoms with Crippen LogP contribution < -0.4 is 4.74 Å². The van der Waals surface area contributed by atoms with Gasteiger partial charge in [-0.3, -0.25) is 4.79 Å². The number of ether oxygens (including phenoxy) is 1. The summed E-state index contributed by atoms with van der Waals surface area (Å²) in [6.07, 6.45) is 5.40. The Labute approximate surface area is 191 Å². The molecule has 0 saturated carbocycles. The molecule has 2 aromatic heterocycles. The number of aromatic nitrogens is 2. The summed E-state index contributed by atoms with van der Waals surface area (Å²) in [5, 5.41) is 2.02. The second-order valence-corrected chi connectivity index (χ2v) is 8.87. The molecule has 32 heavy (non-hydrogen) atoms. The topological polar surface area (TPSA) is 47.4 Å². The number of carbonyl (C=O) groups excluding carboxylic acids is 1. The van der Waals surface area contributed by atoms with Crippen molar-refractivity contribution >= 4 is 34.4 Å². The number of imidazole rings is 1. The van der Waals surface area contributed by atoms with Gasteiger partial charge in [-0.05, 0) is 54.6 Å². The molecular formula is C26H25N3O2S. The average molecular weight is 444 g/mol. The third-order valence-corrected chi connectivity index (χ3v) is 6.69. The van der Waals surface area contributed by atoms with Gasteiger partial charge in [-0.15, -0.1) is 11.3 Å². The Morgan fingerprint density at radius 2 is 1.81 bits per heavy atom. The second-order valence-electron chi connectivity index (χ2n) is 7.89. The summed E-state index contributed by atoms with van der Waals surface area (Å²) in [5.41, 5.74) is 2.11. The lowest BCUT2D eigenvalue weighted by molar-refractivity contribution is -0.127. The highest BCUT2D eigenvalue weighted by Crippen LogP contribution is 2.29. The van der Waals surface area contributed by atoms with Crippen LogP contribution in [0, 0.1) is 0 Å². The number of nitrogens with zero attached hydrogens (tertiary/aromatic N) is 3. The normalized spacial score (nSPS) is 14.9. The number of hydrogen-bond acceptors (Lipinski definition) is 4. The summed E-state index contributed by atoms with van der Waals surface area (Å²) in [7, 11) is 0. The Hall–Kier alpha value is -3.38. The van der Waals surface area contributed by atoms with Gasteiger partial charge in [0.2, 0.25) is 5.91 Å². The Morgan fingerprint density at radius 3 is 2.59 bits per heavy atom. The first kappa shape index (κ1) is 20.5. The van der Waals surface area contributed by atoms with Gasteiger partial charge in [0.05, 0.1) is 11.0 Å². The highest BCUT2D eigenvalue weighted by Gasteiger charge is 2.26. The molecule has 2 aromatic carbocycles. The highest BCUT2D eigenvalue weighted by atomic mass is 32.1. The minimum absolute atomic E-state index is 0.0833. The van der Waals surface area contributed by atoms with Gasteiger partial charge in [0.15, 0.2) is 0 Å². The molecule has 1 aliphatic rings. The Bertz CT molecular complexity index is 1210. The Kier molecular flexibility index (Phi) is 6.03. The van der Waals surface area contributed by atoms with Crippen molar-refractivity contribution in [3.63, 3.8) is 0 Å². The molecule has 0 aliphatic carbocycles. The number of rotatable bonds is 6. The van der Waals surface area contributed by atoms with Crippen molar-refractivity contribution < 1.29 is 9.53 Å². The maximum Gasteiger partial charge on any atom is 0.246 e. The molecule has 1 aliphatic heterocycles. The standard InChI is InChI=1S/C26H25N3O2S/c30-26(13-12-22-9-6-18-32-22)28-16-14-20(15-17-28)29-24-11-5-4-10-23(24)27-25(29)19-31-21-7-2-1-3-8-21/h1-13,18,20H,14-17,19H2. The fraction of sp³-hybridized carbons (Fsp3) is 0.231. The van der Waals surface area contributed by atoms with Crippen LogP contribution in [0.1, 0.15) is 29.6 Å². The molecule has 1 fully saturated rings. The molecule has 5 rings (SSSR count). The molecule has 4 aromatic rings. The van der Waals surface area contributed by atoms with Crippen LogP contribution in [0.5, 0.6) is 5.75 Å². The van der Waals surface area contributed by atoms with Gasteiger partial charge in [-0.25, -0.2) is 4.98 Å². The van der Waals surface area contributed by atoms with Gasteiger partial charge in [0, 0.05) is 30.1 Å². The molecule has 0 bridgehead atoms. The predicted octanol–water partition coefficient (Wildman–Crippen LogP) is 5.55. The number of hydrogen-bond donors (Lipinski definition) is 0. The van der Waals surface area contributed by atoms with Crippen LogP contribution in [0.15, 0.2) is 78.2 Å². The van der Waals surface area contributed by atoms with Crippen molar-refractivity contribution in [1.82, 2.24) is 14.5 Å². The molecule has 0 spiro atoms. The lowest BCUT2D eigenvalue weighted by atomic mass is 10.0. The van der Waals surface area contributed by atoms with Crippen LogP contribution in [-0.4, -0.2) is 33.4 Å². The van der Waals surface area contributed by atoms with Crippen LogP contribution in [0.2, 0.25) is 0 Å². The monoisotopic (exact) mass is 443 g/mol. The zero-order valence-electron chi connectivity index (χ0n) is 17.8. The number of benzene rings is 2. The number of para-hydroxylation sites is 3. The number of likely N-dealkylation sites (tertiary alicyclic amines) is 1. The average Bonchev–Trinajstić information content (AvgIpc) is 3.49. The summed E-state index contributed by atoms with van der Waals surface area (Å²) in [4.78, 5) is 20.5. The summed E-state index contributed by atoms with van der Waals surface area (Å²) in [5.74, 6) is 1.85. The van der Waals surface area contributed by atoms with Crippen molar-refractivity contribution in [3.8, 4) is 5.75 Å². The van der Waals surface area contributed by atoms with Gasteiger partial charge in [-0.1, -0.05) is 36.4 Å². The van der Waals surface area contributed by atoms with E-state index in [1.165, 1.54) is 0 Å². The molecule has 0 unspecified atom stereocenters. The molecular weight excluding hydrogens is 418 g/mol. The smallest absolute Gasteiger partial charge is 0.246 e. The first-order chi connectivity index (χ1) is 15.8. The third-order valence-electron chi connectivity index (χ3n) is 5.85. The van der Waals surface area contributed by atoms with Crippen molar-refractivity contribution in [2.45, 2.75) is 25.5 Å². The summed E-state index contributed by atoms with van der Waals surface area (Å²) >= 11 is 1.64. The van der Waals surface area contributed by atoms with E-state index in [1.807, 2.05) is 71.0 Å². The second kappa shape index (κ2) is 9.40. The lowest BCUT2D eigenvalue weighted by Gasteiger charge is -2.33. The summed E-state index contributed by atoms with van der Waals surface area (Å²) < 4.78 is 8.34. The van der Waals surface area contributed by atoms with Crippen molar-refractivity contribution in [1.29, 1.82) is 0 Å². The van der Waals surface area contributed by atoms with Gasteiger partial charge >= 0.3 is 0 Å². The van der Waals surface area contributed by atoms with Crippen LogP contribution >= 0.6 is 11.3 Å². The number of amides is 1. The zero-order valence-corrected chi connectivity index (χ0v) is 18.6. The van der Waals surface area contributed by atoms with Crippen molar-refractivity contribution in [2.75, 3.05) is 13.1 Å². The van der Waals surface area contributed by atoms with Crippen LogP contribution in [0.25, 0.3) is 17.1 Å². The summed E-state index contributed by atoms with van der Waals surface area (Å²) in [6.45, 7) is 1.90. The number of thiophene rings is 1. The van der Waals surface area contributed by atoms with Crippen molar-refractivity contribution in [3.05, 3.63) is 88.9 Å². The zero-order chi connectivity index (χ0) is 21.8. The molecule has 0 N–H and O–H groups in total. The fourth-order valence-electron chi connectivity index (χ4n) is 4.26. The molecule has 6 heteroatoms. The maximum atomic E-state index is 12.6. The molecule has 3 heterocycles. The number of carbonyl (C=O) groups is 1. The quantitative estimate of drug-likeness (QED) is 0.367. The third kappa shape index (κ3) is 4.46. The van der Waals surface area contributed by atoms with E-state index in [2.05, 4.69) is 16.7 Å². The minimum atomic E-state index is 0.0833.